The number of anilines is 1. The van der Waals surface area contributed by atoms with Gasteiger partial charge in [-0.25, -0.2) is 9.97 Å². The highest BCUT2D eigenvalue weighted by molar-refractivity contribution is 6.08. The van der Waals surface area contributed by atoms with Crippen molar-refractivity contribution in [2.24, 2.45) is 0 Å². The zero-order valence-electron chi connectivity index (χ0n) is 16.9. The normalized spacial score (nSPS) is 21.5. The average molecular weight is 378 g/mol. The van der Waals surface area contributed by atoms with E-state index in [0.717, 1.165) is 29.9 Å². The number of fused-ring (bicyclic) bond motifs is 2. The van der Waals surface area contributed by atoms with Crippen LogP contribution in [0.3, 0.4) is 0 Å². The minimum Gasteiger partial charge on any atom is -0.337 e. The molecule has 2 aromatic rings. The molecule has 6 nitrogen and oxygen atoms in total. The molecule has 146 valence electrons. The molecule has 0 bridgehead atoms. The van der Waals surface area contributed by atoms with E-state index in [0.29, 0.717) is 24.3 Å². The predicted molar refractivity (Wildman–Crippen MR) is 108 cm³/mol. The molecule has 28 heavy (non-hydrogen) atoms. The number of amides is 2. The molecule has 1 saturated heterocycles. The van der Waals surface area contributed by atoms with Gasteiger partial charge in [-0.05, 0) is 31.4 Å². The minimum atomic E-state index is -0.647. The van der Waals surface area contributed by atoms with Crippen LogP contribution in [0.1, 0.15) is 60.0 Å². The first kappa shape index (κ1) is 18.6. The quantitative estimate of drug-likeness (QED) is 0.806. The molecule has 0 aliphatic carbocycles. The number of aryl methyl sites for hydroxylation is 1. The van der Waals surface area contributed by atoms with E-state index >= 15 is 0 Å². The summed E-state index contributed by atoms with van der Waals surface area (Å²) in [5, 5.41) is 0. The van der Waals surface area contributed by atoms with Crippen LogP contribution in [-0.2, 0) is 10.2 Å². The molecule has 0 radical (unpaired) electrons. The molecule has 1 spiro atoms. The Balaban J connectivity index is 1.67. The fourth-order valence-electron chi connectivity index (χ4n) is 4.48. The lowest BCUT2D eigenvalue weighted by atomic mass is 9.75. The van der Waals surface area contributed by atoms with Gasteiger partial charge in [-0.1, -0.05) is 32.0 Å². The monoisotopic (exact) mass is 378 g/mol. The number of aromatic nitrogens is 2. The summed E-state index contributed by atoms with van der Waals surface area (Å²) in [5.74, 6) is 0.941. The first-order chi connectivity index (χ1) is 13.3. The lowest BCUT2D eigenvalue weighted by Gasteiger charge is -2.39. The van der Waals surface area contributed by atoms with Gasteiger partial charge >= 0.3 is 0 Å². The topological polar surface area (TPSA) is 66.4 Å². The Labute approximate surface area is 165 Å². The fourth-order valence-corrected chi connectivity index (χ4v) is 4.48. The zero-order valence-corrected chi connectivity index (χ0v) is 16.9. The van der Waals surface area contributed by atoms with Gasteiger partial charge in [-0.2, -0.15) is 0 Å². The van der Waals surface area contributed by atoms with Crippen LogP contribution in [0, 0.1) is 6.92 Å². The van der Waals surface area contributed by atoms with Crippen LogP contribution >= 0.6 is 0 Å². The molecule has 2 aliphatic rings. The largest absolute Gasteiger partial charge is 0.337 e. The summed E-state index contributed by atoms with van der Waals surface area (Å²) in [6.07, 6.45) is 3.19. The van der Waals surface area contributed by atoms with Crippen molar-refractivity contribution < 1.29 is 9.59 Å². The highest BCUT2D eigenvalue weighted by atomic mass is 16.2. The van der Waals surface area contributed by atoms with Crippen LogP contribution in [0.5, 0.6) is 0 Å². The number of benzene rings is 1. The first-order valence-electron chi connectivity index (χ1n) is 9.85. The average Bonchev–Trinajstić information content (AvgIpc) is 2.90. The van der Waals surface area contributed by atoms with Crippen molar-refractivity contribution in [3.63, 3.8) is 0 Å². The Hall–Kier alpha value is -2.76. The third-order valence-corrected chi connectivity index (χ3v) is 6.02. The second-order valence-corrected chi connectivity index (χ2v) is 8.18. The molecule has 4 rings (SSSR count). The van der Waals surface area contributed by atoms with Crippen molar-refractivity contribution in [2.45, 2.75) is 44.9 Å². The summed E-state index contributed by atoms with van der Waals surface area (Å²) in [4.78, 5) is 38.9. The van der Waals surface area contributed by atoms with Crippen LogP contribution in [0.4, 0.5) is 5.69 Å². The number of nitrogens with zero attached hydrogens (tertiary/aromatic N) is 4. The maximum atomic E-state index is 13.3. The van der Waals surface area contributed by atoms with E-state index in [-0.39, 0.29) is 17.7 Å². The highest BCUT2D eigenvalue weighted by Gasteiger charge is 2.52. The third kappa shape index (κ3) is 2.70. The molecule has 0 unspecified atom stereocenters. The van der Waals surface area contributed by atoms with Gasteiger partial charge in [0, 0.05) is 37.9 Å². The van der Waals surface area contributed by atoms with Crippen LogP contribution in [0.25, 0.3) is 0 Å². The number of likely N-dealkylation sites (N-methyl/N-ethyl adjacent to an activating group) is 1. The summed E-state index contributed by atoms with van der Waals surface area (Å²) >= 11 is 0. The van der Waals surface area contributed by atoms with Crippen molar-refractivity contribution in [1.82, 2.24) is 14.9 Å². The van der Waals surface area contributed by atoms with Crippen LogP contribution in [-0.4, -0.2) is 46.8 Å². The molecule has 3 heterocycles. The Kier molecular flexibility index (Phi) is 4.44. The van der Waals surface area contributed by atoms with Gasteiger partial charge < -0.3 is 9.80 Å². The second-order valence-electron chi connectivity index (χ2n) is 8.18. The smallest absolute Gasteiger partial charge is 0.257 e. The second kappa shape index (κ2) is 6.69. The Morgan fingerprint density at radius 2 is 2.00 bits per heavy atom. The predicted octanol–water partition coefficient (Wildman–Crippen LogP) is 3.06. The van der Waals surface area contributed by atoms with Gasteiger partial charge in [-0.15, -0.1) is 0 Å². The standard InChI is InChI=1S/C22H26N4O2/c1-14(2)19-23-12-16(15(3)24-19)20(27)26-11-7-10-22(13-26)17-8-5-6-9-18(17)25(4)21(22)28/h5-6,8-9,12,14H,7,10-11,13H2,1-4H3/t22-/m1/s1. The number of likely N-dealkylation sites (tertiary alicyclic amines) is 1. The molecular formula is C22H26N4O2. The lowest BCUT2D eigenvalue weighted by molar-refractivity contribution is -0.124. The van der Waals surface area contributed by atoms with E-state index in [1.54, 1.807) is 16.0 Å². The number of hydrogen-bond donors (Lipinski definition) is 0. The number of para-hydroxylation sites is 1. The Bertz CT molecular complexity index is 955. The molecule has 1 aromatic carbocycles. The van der Waals surface area contributed by atoms with Gasteiger partial charge in [0.1, 0.15) is 5.82 Å². The number of piperidine rings is 1. The van der Waals surface area contributed by atoms with Gasteiger partial charge in [0.2, 0.25) is 5.91 Å². The van der Waals surface area contributed by atoms with E-state index < -0.39 is 5.41 Å². The van der Waals surface area contributed by atoms with Crippen molar-refractivity contribution in [3.8, 4) is 0 Å². The summed E-state index contributed by atoms with van der Waals surface area (Å²) in [7, 11) is 1.82. The molecule has 2 aliphatic heterocycles. The Morgan fingerprint density at radius 3 is 2.71 bits per heavy atom. The molecule has 0 saturated carbocycles. The molecule has 2 amide bonds. The van der Waals surface area contributed by atoms with Crippen LogP contribution < -0.4 is 4.90 Å². The molecule has 6 heteroatoms. The van der Waals surface area contributed by atoms with Crippen molar-refractivity contribution in [2.75, 3.05) is 25.0 Å². The van der Waals surface area contributed by atoms with Crippen molar-refractivity contribution in [1.29, 1.82) is 0 Å². The van der Waals surface area contributed by atoms with Gasteiger partial charge in [0.15, 0.2) is 0 Å². The van der Waals surface area contributed by atoms with Crippen molar-refractivity contribution >= 4 is 17.5 Å². The third-order valence-electron chi connectivity index (χ3n) is 6.02. The van der Waals surface area contributed by atoms with Gasteiger partial charge in [0.05, 0.1) is 16.7 Å². The van der Waals surface area contributed by atoms with Crippen molar-refractivity contribution in [3.05, 3.63) is 53.1 Å². The minimum absolute atomic E-state index is 0.0781. The number of carbonyl (C=O) groups is 2. The number of rotatable bonds is 2. The number of carbonyl (C=O) groups excluding carboxylic acids is 2. The molecule has 1 fully saturated rings. The fraction of sp³-hybridized carbons (Fsp3) is 0.455. The summed E-state index contributed by atoms with van der Waals surface area (Å²) in [6.45, 7) is 6.96. The Morgan fingerprint density at radius 1 is 1.25 bits per heavy atom. The van der Waals surface area contributed by atoms with E-state index in [1.807, 2.05) is 52.1 Å². The summed E-state index contributed by atoms with van der Waals surface area (Å²) < 4.78 is 0. The lowest BCUT2D eigenvalue weighted by Crippen LogP contribution is -2.53. The number of hydrogen-bond acceptors (Lipinski definition) is 4. The summed E-state index contributed by atoms with van der Waals surface area (Å²) in [5.41, 5.74) is 2.55. The van der Waals surface area contributed by atoms with E-state index in [2.05, 4.69) is 9.97 Å². The van der Waals surface area contributed by atoms with Crippen LogP contribution in [0.15, 0.2) is 30.5 Å². The maximum absolute atomic E-state index is 13.3. The molecule has 1 atom stereocenters. The van der Waals surface area contributed by atoms with E-state index in [9.17, 15) is 9.59 Å². The van der Waals surface area contributed by atoms with E-state index in [4.69, 9.17) is 0 Å². The maximum Gasteiger partial charge on any atom is 0.257 e. The van der Waals surface area contributed by atoms with Gasteiger partial charge in [-0.3, -0.25) is 9.59 Å². The molecule has 1 aromatic heterocycles. The first-order valence-corrected chi connectivity index (χ1v) is 9.85. The zero-order chi connectivity index (χ0) is 20.1. The highest BCUT2D eigenvalue weighted by Crippen LogP contribution is 2.46. The SMILES string of the molecule is Cc1nc(C(C)C)ncc1C(=O)N1CCC[C@]2(C1)C(=O)N(C)c1ccccc12. The van der Waals surface area contributed by atoms with Crippen LogP contribution in [0.2, 0.25) is 0 Å². The van der Waals surface area contributed by atoms with Gasteiger partial charge in [0.25, 0.3) is 5.91 Å². The van der Waals surface area contributed by atoms with E-state index in [1.165, 1.54) is 0 Å². The molecule has 0 N–H and O–H groups in total. The molecular weight excluding hydrogens is 352 g/mol. The summed E-state index contributed by atoms with van der Waals surface area (Å²) in [6, 6.07) is 7.92.